The second-order valence-electron chi connectivity index (χ2n) is 1.39. The summed E-state index contributed by atoms with van der Waals surface area (Å²) in [7, 11) is 0. The largest absolute Gasteiger partial charge is 0.616 e. The molecule has 1 N–H and O–H groups in total. The normalized spacial score (nSPS) is 18.9. The van der Waals surface area contributed by atoms with Crippen molar-refractivity contribution in [3.63, 3.8) is 0 Å². The fraction of sp³-hybridized carbons (Fsp3) is 0.750. The maximum Gasteiger partial charge on any atom is 0.131 e. The van der Waals surface area contributed by atoms with Gasteiger partial charge in [0.2, 0.25) is 0 Å². The number of rotatable bonds is 2. The SMILES string of the molecule is [CH2]C(O)C[S+](C)[O-]. The molecule has 0 aromatic heterocycles. The van der Waals surface area contributed by atoms with Crippen LogP contribution < -0.4 is 0 Å². The van der Waals surface area contributed by atoms with Crippen LogP contribution in [0, 0.1) is 6.92 Å². The average Bonchev–Trinajstić information content (AvgIpc) is 1.27. The third kappa shape index (κ3) is 6.27. The van der Waals surface area contributed by atoms with Gasteiger partial charge in [0.1, 0.15) is 5.75 Å². The van der Waals surface area contributed by atoms with Crippen LogP contribution in [-0.2, 0) is 11.2 Å². The first kappa shape index (κ1) is 7.27. The van der Waals surface area contributed by atoms with Gasteiger partial charge in [-0.1, -0.05) is 11.2 Å². The molecule has 0 fully saturated rings. The summed E-state index contributed by atoms with van der Waals surface area (Å²) < 4.78 is 10.2. The second kappa shape index (κ2) is 3.29. The third-order valence-corrected chi connectivity index (χ3v) is 1.28. The summed E-state index contributed by atoms with van der Waals surface area (Å²) >= 11 is -0.908. The van der Waals surface area contributed by atoms with Gasteiger partial charge in [0.05, 0.1) is 12.4 Å². The van der Waals surface area contributed by atoms with Crippen molar-refractivity contribution in [1.29, 1.82) is 0 Å². The Balaban J connectivity index is 2.95. The van der Waals surface area contributed by atoms with Crippen molar-refractivity contribution in [3.05, 3.63) is 6.92 Å². The molecule has 1 radical (unpaired) electrons. The summed E-state index contributed by atoms with van der Waals surface area (Å²) in [5.41, 5.74) is 0. The van der Waals surface area contributed by atoms with Crippen LogP contribution >= 0.6 is 0 Å². The van der Waals surface area contributed by atoms with E-state index in [1.807, 2.05) is 0 Å². The Bertz CT molecular complexity index is 39.0. The summed E-state index contributed by atoms with van der Waals surface area (Å²) in [6.45, 7) is 3.24. The fourth-order valence-corrected chi connectivity index (χ4v) is 0.813. The van der Waals surface area contributed by atoms with E-state index in [4.69, 9.17) is 5.11 Å². The minimum atomic E-state index is -0.908. The van der Waals surface area contributed by atoms with Crippen LogP contribution in [0.1, 0.15) is 0 Å². The predicted molar refractivity (Wildman–Crippen MR) is 30.3 cm³/mol. The van der Waals surface area contributed by atoms with Gasteiger partial charge in [-0.25, -0.2) is 0 Å². The fourth-order valence-electron chi connectivity index (χ4n) is 0.271. The maximum atomic E-state index is 10.2. The van der Waals surface area contributed by atoms with Crippen molar-refractivity contribution in [2.45, 2.75) is 6.10 Å². The summed E-state index contributed by atoms with van der Waals surface area (Å²) in [6.07, 6.45) is 0.861. The molecule has 43 valence electrons. The van der Waals surface area contributed by atoms with E-state index >= 15 is 0 Å². The second-order valence-corrected chi connectivity index (χ2v) is 2.87. The quantitative estimate of drug-likeness (QED) is 0.503. The Kier molecular flexibility index (Phi) is 3.42. The monoisotopic (exact) mass is 121 g/mol. The Morgan fingerprint density at radius 2 is 2.43 bits per heavy atom. The van der Waals surface area contributed by atoms with Crippen molar-refractivity contribution < 1.29 is 9.66 Å². The molecule has 0 aliphatic carbocycles. The molecule has 0 spiro atoms. The molecule has 0 aliphatic rings. The van der Waals surface area contributed by atoms with E-state index in [2.05, 4.69) is 6.92 Å². The Morgan fingerprint density at radius 3 is 2.43 bits per heavy atom. The van der Waals surface area contributed by atoms with Crippen molar-refractivity contribution in [2.75, 3.05) is 12.0 Å². The first-order chi connectivity index (χ1) is 3.13. The van der Waals surface area contributed by atoms with Gasteiger partial charge in [-0.3, -0.25) is 0 Å². The first-order valence-corrected chi connectivity index (χ1v) is 3.67. The van der Waals surface area contributed by atoms with E-state index < -0.39 is 17.3 Å². The number of hydrogen-bond acceptors (Lipinski definition) is 2. The highest BCUT2D eigenvalue weighted by atomic mass is 32.2. The van der Waals surface area contributed by atoms with Crippen LogP contribution in [0.5, 0.6) is 0 Å². The molecule has 2 atom stereocenters. The molecule has 0 saturated carbocycles. The Morgan fingerprint density at radius 1 is 2.00 bits per heavy atom. The Hall–Kier alpha value is 0.270. The highest BCUT2D eigenvalue weighted by molar-refractivity contribution is 7.90. The molecule has 2 unspecified atom stereocenters. The van der Waals surface area contributed by atoms with Crippen LogP contribution in [0.4, 0.5) is 0 Å². The predicted octanol–water partition coefficient (Wildman–Crippen LogP) is -0.440. The number of aliphatic hydroxyl groups excluding tert-OH is 1. The van der Waals surface area contributed by atoms with Crippen LogP contribution in [0.2, 0.25) is 0 Å². The van der Waals surface area contributed by atoms with Crippen LogP contribution in [0.3, 0.4) is 0 Å². The Labute approximate surface area is 46.7 Å². The molecule has 2 nitrogen and oxygen atoms in total. The van der Waals surface area contributed by atoms with Crippen LogP contribution in [0.15, 0.2) is 0 Å². The smallest absolute Gasteiger partial charge is 0.131 e. The highest BCUT2D eigenvalue weighted by Crippen LogP contribution is 1.86. The molecule has 0 amide bonds. The van der Waals surface area contributed by atoms with E-state index in [9.17, 15) is 4.55 Å². The number of hydrogen-bond donors (Lipinski definition) is 1. The van der Waals surface area contributed by atoms with Gasteiger partial charge in [-0.05, 0) is 6.92 Å². The van der Waals surface area contributed by atoms with Crippen molar-refractivity contribution in [1.82, 2.24) is 0 Å². The molecule has 0 saturated heterocycles. The first-order valence-electron chi connectivity index (χ1n) is 1.94. The van der Waals surface area contributed by atoms with E-state index in [1.54, 1.807) is 0 Å². The number of aliphatic hydroxyl groups is 1. The average molecular weight is 121 g/mol. The summed E-state index contributed by atoms with van der Waals surface area (Å²) in [5.74, 6) is 0.278. The zero-order valence-electron chi connectivity index (χ0n) is 4.26. The van der Waals surface area contributed by atoms with Crippen LogP contribution in [0.25, 0.3) is 0 Å². The molecular formula is C4H9O2S. The van der Waals surface area contributed by atoms with Gasteiger partial charge in [0.15, 0.2) is 0 Å². The van der Waals surface area contributed by atoms with E-state index in [0.29, 0.717) is 0 Å². The zero-order chi connectivity index (χ0) is 5.86. The lowest BCUT2D eigenvalue weighted by atomic mass is 10.5. The summed E-state index contributed by atoms with van der Waals surface area (Å²) in [4.78, 5) is 0. The molecule has 0 bridgehead atoms. The van der Waals surface area contributed by atoms with E-state index in [-0.39, 0.29) is 5.75 Å². The van der Waals surface area contributed by atoms with Crippen molar-refractivity contribution in [2.24, 2.45) is 0 Å². The summed E-state index contributed by atoms with van der Waals surface area (Å²) in [6, 6.07) is 0. The van der Waals surface area contributed by atoms with Gasteiger partial charge in [0.25, 0.3) is 0 Å². The molecule has 7 heavy (non-hydrogen) atoms. The van der Waals surface area contributed by atoms with Crippen molar-refractivity contribution in [3.8, 4) is 0 Å². The molecule has 0 aromatic carbocycles. The van der Waals surface area contributed by atoms with Gasteiger partial charge in [-0.15, -0.1) is 0 Å². The topological polar surface area (TPSA) is 43.3 Å². The lowest BCUT2D eigenvalue weighted by molar-refractivity contribution is 0.244. The third-order valence-electron chi connectivity index (χ3n) is 0.427. The molecule has 0 aromatic rings. The lowest BCUT2D eigenvalue weighted by Crippen LogP contribution is -2.15. The zero-order valence-corrected chi connectivity index (χ0v) is 5.07. The minimum absolute atomic E-state index is 0.278. The molecule has 0 aliphatic heterocycles. The molecular weight excluding hydrogens is 112 g/mol. The molecule has 3 heteroatoms. The summed E-state index contributed by atoms with van der Waals surface area (Å²) in [5, 5.41) is 8.42. The standard InChI is InChI=1S/C4H9O2S/c1-4(5)3-7(2)6/h4-5H,1,3H2,2H3. The minimum Gasteiger partial charge on any atom is -0.616 e. The highest BCUT2D eigenvalue weighted by Gasteiger charge is 2.01. The van der Waals surface area contributed by atoms with Gasteiger partial charge in [-0.2, -0.15) is 0 Å². The maximum absolute atomic E-state index is 10.2. The molecule has 0 rings (SSSR count). The molecule has 0 heterocycles. The lowest BCUT2D eigenvalue weighted by Gasteiger charge is -2.04. The van der Waals surface area contributed by atoms with Crippen molar-refractivity contribution >= 4 is 11.2 Å². The van der Waals surface area contributed by atoms with E-state index in [1.165, 1.54) is 6.26 Å². The van der Waals surface area contributed by atoms with Gasteiger partial charge in [0, 0.05) is 0 Å². The van der Waals surface area contributed by atoms with Crippen LogP contribution in [-0.4, -0.2) is 27.8 Å². The van der Waals surface area contributed by atoms with E-state index in [0.717, 1.165) is 0 Å². The van der Waals surface area contributed by atoms with Gasteiger partial charge < -0.3 is 9.66 Å². The van der Waals surface area contributed by atoms with Gasteiger partial charge >= 0.3 is 0 Å².